The van der Waals surface area contributed by atoms with Crippen LogP contribution in [0.15, 0.2) is 82.1 Å². The van der Waals surface area contributed by atoms with E-state index in [1.165, 1.54) is 21.3 Å². The van der Waals surface area contributed by atoms with Gasteiger partial charge in [-0.2, -0.15) is 5.11 Å². The maximum atomic E-state index is 11.6. The van der Waals surface area contributed by atoms with E-state index in [-0.39, 0.29) is 18.1 Å². The molecular formula is C27H26N4O3. The highest BCUT2D eigenvalue weighted by atomic mass is 16.3. The summed E-state index contributed by atoms with van der Waals surface area (Å²) in [5, 5.41) is 22.7. The Morgan fingerprint density at radius 1 is 0.912 bits per heavy atom. The summed E-state index contributed by atoms with van der Waals surface area (Å²) in [4.78, 5) is 22.2. The highest BCUT2D eigenvalue weighted by molar-refractivity contribution is 5.96. The molecule has 3 aromatic carbocycles. The summed E-state index contributed by atoms with van der Waals surface area (Å²) in [6, 6.07) is 21.5. The van der Waals surface area contributed by atoms with Gasteiger partial charge in [-0.1, -0.05) is 61.5 Å². The van der Waals surface area contributed by atoms with Crippen LogP contribution in [0, 0.1) is 11.8 Å². The molecule has 0 bridgehead atoms. The summed E-state index contributed by atoms with van der Waals surface area (Å²) < 4.78 is 1.33. The molecule has 7 nitrogen and oxygen atoms in total. The molecule has 0 fully saturated rings. The Labute approximate surface area is 197 Å². The molecule has 34 heavy (non-hydrogen) atoms. The number of fused-ring (bicyclic) bond motifs is 1. The zero-order valence-electron chi connectivity index (χ0n) is 19.2. The summed E-state index contributed by atoms with van der Waals surface area (Å²) in [7, 11) is 0. The zero-order chi connectivity index (χ0) is 24.1. The summed E-state index contributed by atoms with van der Waals surface area (Å²) >= 11 is 0. The Bertz CT molecular complexity index is 1390. The number of hydrogen-bond acceptors (Lipinski definition) is 5. The van der Waals surface area contributed by atoms with Gasteiger partial charge in [-0.15, -0.1) is 10.0 Å². The largest absolute Gasteiger partial charge is 0.493 e. The van der Waals surface area contributed by atoms with Crippen molar-refractivity contribution in [2.75, 3.05) is 0 Å². The molecule has 0 aliphatic heterocycles. The van der Waals surface area contributed by atoms with E-state index in [0.29, 0.717) is 10.9 Å². The highest BCUT2D eigenvalue weighted by Crippen LogP contribution is 2.40. The van der Waals surface area contributed by atoms with E-state index in [0.717, 1.165) is 30.5 Å². The first kappa shape index (κ1) is 23.0. The molecule has 172 valence electrons. The Balaban J connectivity index is 1.67. The van der Waals surface area contributed by atoms with Gasteiger partial charge in [-0.25, -0.2) is 0 Å². The zero-order valence-corrected chi connectivity index (χ0v) is 19.2. The van der Waals surface area contributed by atoms with Gasteiger partial charge >= 0.3 is 5.91 Å². The Kier molecular flexibility index (Phi) is 6.92. The van der Waals surface area contributed by atoms with Gasteiger partial charge in [0, 0.05) is 10.6 Å². The molecule has 0 saturated heterocycles. The van der Waals surface area contributed by atoms with Crippen molar-refractivity contribution in [3.63, 3.8) is 0 Å². The molecule has 0 saturated carbocycles. The number of carbonyl (C=O) groups excluding carboxylic acids is 1. The molecule has 1 heterocycles. The molecule has 4 aromatic rings. The van der Waals surface area contributed by atoms with Crippen LogP contribution >= 0.6 is 0 Å². The quantitative estimate of drug-likeness (QED) is 0.237. The molecular weight excluding hydrogens is 428 g/mol. The topological polar surface area (TPSA) is 96.4 Å². The number of amides is 1. The molecule has 1 N–H and O–H groups in total. The fraction of sp³-hybridized carbons (Fsp3) is 0.222. The Hall–Kier alpha value is -4.13. The van der Waals surface area contributed by atoms with Crippen LogP contribution < -0.4 is 0 Å². The van der Waals surface area contributed by atoms with E-state index in [1.54, 1.807) is 18.2 Å². The van der Waals surface area contributed by atoms with Crippen LogP contribution in [-0.4, -0.2) is 15.6 Å². The van der Waals surface area contributed by atoms with Gasteiger partial charge in [0.25, 0.3) is 0 Å². The van der Waals surface area contributed by atoms with Crippen molar-refractivity contribution in [1.29, 1.82) is 0 Å². The number of benzene rings is 3. The maximum Gasteiger partial charge on any atom is 0.305 e. The van der Waals surface area contributed by atoms with Crippen LogP contribution in [0.3, 0.4) is 0 Å². The first-order chi connectivity index (χ1) is 16.5. The van der Waals surface area contributed by atoms with E-state index in [9.17, 15) is 14.8 Å². The normalized spacial score (nSPS) is 11.4. The predicted octanol–water partition coefficient (Wildman–Crippen LogP) is 6.71. The van der Waals surface area contributed by atoms with Gasteiger partial charge < -0.3 is 9.67 Å². The van der Waals surface area contributed by atoms with Crippen LogP contribution in [0.4, 0.5) is 11.4 Å². The lowest BCUT2D eigenvalue weighted by atomic mass is 9.95. The van der Waals surface area contributed by atoms with Crippen molar-refractivity contribution < 1.29 is 9.90 Å². The van der Waals surface area contributed by atoms with E-state index in [4.69, 9.17) is 0 Å². The molecule has 0 aliphatic carbocycles. The first-order valence-electron chi connectivity index (χ1n) is 11.3. The number of carbonyl (C=O) groups is 1. The number of aryl methyl sites for hydroxylation is 3. The second-order valence-corrected chi connectivity index (χ2v) is 8.16. The number of azo groups is 1. The van der Waals surface area contributed by atoms with Gasteiger partial charge in [0.2, 0.25) is 5.88 Å². The summed E-state index contributed by atoms with van der Waals surface area (Å²) in [5.74, 6) is -1.11. The smallest absolute Gasteiger partial charge is 0.305 e. The van der Waals surface area contributed by atoms with Gasteiger partial charge in [-0.05, 0) is 60.6 Å². The van der Waals surface area contributed by atoms with Crippen molar-refractivity contribution in [2.24, 2.45) is 15.4 Å². The molecule has 0 unspecified atom stereocenters. The number of nitroso groups, excluding NO2 is 1. The molecule has 0 spiro atoms. The van der Waals surface area contributed by atoms with Crippen molar-refractivity contribution in [3.8, 4) is 5.88 Å². The molecule has 7 heteroatoms. The van der Waals surface area contributed by atoms with Crippen LogP contribution in [-0.2, 0) is 30.6 Å². The van der Waals surface area contributed by atoms with Crippen LogP contribution in [0.5, 0.6) is 5.88 Å². The number of aromatic hydroxyl groups is 1. The third-order valence-corrected chi connectivity index (χ3v) is 6.10. The maximum absolute atomic E-state index is 11.6. The van der Waals surface area contributed by atoms with Gasteiger partial charge in [0.15, 0.2) is 5.69 Å². The minimum atomic E-state index is -0.880. The molecule has 4 rings (SSSR count). The van der Waals surface area contributed by atoms with Crippen molar-refractivity contribution in [3.05, 3.63) is 93.9 Å². The van der Waals surface area contributed by atoms with Gasteiger partial charge in [-0.3, -0.25) is 4.79 Å². The lowest BCUT2D eigenvalue weighted by molar-refractivity contribution is -0.118. The number of aromatic nitrogens is 1. The van der Waals surface area contributed by atoms with Crippen molar-refractivity contribution >= 4 is 28.2 Å². The standard InChI is InChI=1S/C27H26N4O3/c1-3-21-20(16-15-19-10-5-4-9-18(19)2)11-8-13-23(21)28-29-26-22-12-6-7-14-24(22)31(27(26)33)17-25(32)30-34/h4-14,33H,3,15-17H2,1-2H3. The number of para-hydroxylation sites is 1. The number of nitrogens with zero attached hydrogens (tertiary/aromatic N) is 4. The second-order valence-electron chi connectivity index (χ2n) is 8.16. The molecule has 0 atom stereocenters. The molecule has 1 aromatic heterocycles. The SMILES string of the molecule is CCc1c(CCc2ccccc2C)cccc1N=Nc1c(O)n(CC(=O)N=O)c2ccccc12. The van der Waals surface area contributed by atoms with Crippen molar-refractivity contribution in [1.82, 2.24) is 4.57 Å². The van der Waals surface area contributed by atoms with Crippen LogP contribution in [0.1, 0.15) is 29.2 Å². The van der Waals surface area contributed by atoms with Gasteiger partial charge in [0.05, 0.1) is 11.2 Å². The first-order valence-corrected chi connectivity index (χ1v) is 11.3. The van der Waals surface area contributed by atoms with Crippen molar-refractivity contribution in [2.45, 2.75) is 39.7 Å². The van der Waals surface area contributed by atoms with Gasteiger partial charge in [0.1, 0.15) is 6.54 Å². The average molecular weight is 455 g/mol. The molecule has 1 amide bonds. The van der Waals surface area contributed by atoms with Crippen LogP contribution in [0.25, 0.3) is 10.9 Å². The van der Waals surface area contributed by atoms with E-state index < -0.39 is 5.91 Å². The van der Waals surface area contributed by atoms with E-state index in [1.807, 2.05) is 18.2 Å². The number of hydrogen-bond donors (Lipinski definition) is 1. The Morgan fingerprint density at radius 2 is 1.62 bits per heavy atom. The summed E-state index contributed by atoms with van der Waals surface area (Å²) in [6.45, 7) is 3.86. The predicted molar refractivity (Wildman–Crippen MR) is 133 cm³/mol. The third-order valence-electron chi connectivity index (χ3n) is 6.10. The Morgan fingerprint density at radius 3 is 2.38 bits per heavy atom. The minimum Gasteiger partial charge on any atom is -0.493 e. The average Bonchev–Trinajstić information content (AvgIpc) is 3.12. The summed E-state index contributed by atoms with van der Waals surface area (Å²) in [5.41, 5.74) is 6.52. The highest BCUT2D eigenvalue weighted by Gasteiger charge is 2.19. The number of rotatable bonds is 8. The molecule has 0 aliphatic rings. The monoisotopic (exact) mass is 454 g/mol. The summed E-state index contributed by atoms with van der Waals surface area (Å²) in [6.07, 6.45) is 2.63. The lowest BCUT2D eigenvalue weighted by Crippen LogP contribution is -2.06. The minimum absolute atomic E-state index is 0.226. The van der Waals surface area contributed by atoms with E-state index in [2.05, 4.69) is 59.6 Å². The van der Waals surface area contributed by atoms with E-state index >= 15 is 0 Å². The second kappa shape index (κ2) is 10.2. The lowest BCUT2D eigenvalue weighted by Gasteiger charge is -2.11. The fourth-order valence-electron chi connectivity index (χ4n) is 4.32. The third kappa shape index (κ3) is 4.64. The molecule has 0 radical (unpaired) electrons. The fourth-order valence-corrected chi connectivity index (χ4v) is 4.32. The van der Waals surface area contributed by atoms with Crippen LogP contribution in [0.2, 0.25) is 0 Å².